The summed E-state index contributed by atoms with van der Waals surface area (Å²) in [5.74, 6) is -0.335. The van der Waals surface area contributed by atoms with Crippen molar-refractivity contribution in [2.45, 2.75) is 168 Å². The summed E-state index contributed by atoms with van der Waals surface area (Å²) in [6.07, 6.45) is 50.7. The Morgan fingerprint density at radius 3 is 1.55 bits per heavy atom. The summed E-state index contributed by atoms with van der Waals surface area (Å²) in [5, 5.41) is 0. The minimum absolute atomic E-state index is 0.0795. The average molecular weight is 807 g/mol. The minimum Gasteiger partial charge on any atom is -0.457 e. The number of hydrogen-bond acceptors (Lipinski definition) is 6. The van der Waals surface area contributed by atoms with E-state index in [2.05, 4.69) is 86.8 Å². The smallest absolute Gasteiger partial charge is 0.457 e. The largest absolute Gasteiger partial charge is 0.472 e. The predicted octanol–water partition coefficient (Wildman–Crippen LogP) is 13.1. The normalized spacial score (nSPS) is 14.5. The number of rotatable bonds is 40. The summed E-state index contributed by atoms with van der Waals surface area (Å²) in [6, 6.07) is 0. The molecule has 9 heteroatoms. The fourth-order valence-electron chi connectivity index (χ4n) is 5.56. The van der Waals surface area contributed by atoms with E-state index in [1.54, 1.807) is 0 Å². The molecule has 324 valence electrons. The fraction of sp³-hybridized carbons (Fsp3) is 0.723. The summed E-state index contributed by atoms with van der Waals surface area (Å²) in [7, 11) is 1.64. The molecule has 0 aromatic heterocycles. The second-order valence-corrected chi connectivity index (χ2v) is 17.1. The van der Waals surface area contributed by atoms with Crippen LogP contribution in [0.1, 0.15) is 162 Å². The molecule has 0 aliphatic heterocycles. The van der Waals surface area contributed by atoms with Gasteiger partial charge in [0.15, 0.2) is 0 Å². The lowest BCUT2D eigenvalue weighted by Gasteiger charge is -2.24. The zero-order valence-corrected chi connectivity index (χ0v) is 37.5. The third-order valence-electron chi connectivity index (χ3n) is 9.00. The number of carbonyl (C=O) groups excluding carboxylic acids is 1. The summed E-state index contributed by atoms with van der Waals surface area (Å²) in [4.78, 5) is 22.9. The number of carbonyl (C=O) groups is 1. The second-order valence-electron chi connectivity index (χ2n) is 15.7. The van der Waals surface area contributed by atoms with Crippen LogP contribution in [-0.4, -0.2) is 75.6 Å². The zero-order valence-electron chi connectivity index (χ0n) is 36.6. The van der Waals surface area contributed by atoms with Gasteiger partial charge in [0.2, 0.25) is 0 Å². The molecule has 2 unspecified atom stereocenters. The SMILES string of the molecule is CC/C=C\C/C=C\C/C=C\C/C=C\CCCCCCCCC(=O)OC(COCCCCCCCC/C=C\C/C=C\CCCC)COP(=O)(O)OCC[N+](C)(C)C. The number of quaternary nitrogens is 1. The number of phosphoric acid groups is 1. The van der Waals surface area contributed by atoms with E-state index in [1.165, 1.54) is 57.8 Å². The van der Waals surface area contributed by atoms with Crippen molar-refractivity contribution in [2.75, 3.05) is 54.1 Å². The summed E-state index contributed by atoms with van der Waals surface area (Å²) < 4.78 is 35.0. The van der Waals surface area contributed by atoms with E-state index in [-0.39, 0.29) is 25.8 Å². The van der Waals surface area contributed by atoms with Crippen molar-refractivity contribution in [3.63, 3.8) is 0 Å². The molecular formula is C47H85NO7P+. The lowest BCUT2D eigenvalue weighted by Crippen LogP contribution is -2.37. The standard InChI is InChI=1S/C47H84NO7P/c1-6-8-10-12-14-16-18-20-22-23-24-25-26-28-30-32-34-36-38-40-47(49)55-46(45-54-56(50,51)53-43-41-48(3,4)5)44-52-42-39-37-35-33-31-29-27-21-19-17-15-13-11-9-7-2/h8,10,13-16,19-22,24-25,46H,6-7,9,11-12,17-18,23,26-45H2,1-5H3/p+1/b10-8-,15-13-,16-14-,21-19-,22-20-,25-24-. The van der Waals surface area contributed by atoms with Crippen LogP contribution in [0.5, 0.6) is 0 Å². The van der Waals surface area contributed by atoms with E-state index in [0.717, 1.165) is 83.5 Å². The van der Waals surface area contributed by atoms with Crippen LogP contribution in [0.2, 0.25) is 0 Å². The average Bonchev–Trinajstić information content (AvgIpc) is 3.15. The molecule has 0 aliphatic carbocycles. The van der Waals surface area contributed by atoms with Gasteiger partial charge in [-0.3, -0.25) is 13.8 Å². The van der Waals surface area contributed by atoms with Gasteiger partial charge in [-0.25, -0.2) is 4.57 Å². The number of esters is 1. The zero-order chi connectivity index (χ0) is 41.3. The molecule has 0 radical (unpaired) electrons. The Labute approximate surface area is 344 Å². The maximum atomic E-state index is 12.7. The van der Waals surface area contributed by atoms with Gasteiger partial charge >= 0.3 is 13.8 Å². The Kier molecular flexibility index (Phi) is 38.3. The van der Waals surface area contributed by atoms with Gasteiger partial charge in [-0.1, -0.05) is 151 Å². The molecule has 0 amide bonds. The van der Waals surface area contributed by atoms with Crippen LogP contribution >= 0.6 is 7.82 Å². The van der Waals surface area contributed by atoms with Crippen LogP contribution < -0.4 is 0 Å². The van der Waals surface area contributed by atoms with Crippen molar-refractivity contribution in [2.24, 2.45) is 0 Å². The highest BCUT2D eigenvalue weighted by Crippen LogP contribution is 2.43. The molecule has 56 heavy (non-hydrogen) atoms. The molecule has 0 rings (SSSR count). The predicted molar refractivity (Wildman–Crippen MR) is 238 cm³/mol. The third-order valence-corrected chi connectivity index (χ3v) is 9.99. The lowest BCUT2D eigenvalue weighted by atomic mass is 10.1. The van der Waals surface area contributed by atoms with Gasteiger partial charge in [0.1, 0.15) is 19.3 Å². The maximum Gasteiger partial charge on any atom is 0.472 e. The fourth-order valence-corrected chi connectivity index (χ4v) is 6.30. The maximum absolute atomic E-state index is 12.7. The number of unbranched alkanes of at least 4 members (excludes halogenated alkanes) is 14. The van der Waals surface area contributed by atoms with Gasteiger partial charge in [0.25, 0.3) is 0 Å². The van der Waals surface area contributed by atoms with Crippen molar-refractivity contribution in [1.29, 1.82) is 0 Å². The van der Waals surface area contributed by atoms with Gasteiger partial charge in [-0.05, 0) is 77.0 Å². The first-order valence-corrected chi connectivity index (χ1v) is 23.7. The molecule has 0 saturated carbocycles. The Balaban J connectivity index is 4.29. The summed E-state index contributed by atoms with van der Waals surface area (Å²) in [5.41, 5.74) is 0. The van der Waals surface area contributed by atoms with E-state index < -0.39 is 13.9 Å². The lowest BCUT2D eigenvalue weighted by molar-refractivity contribution is -0.870. The molecule has 8 nitrogen and oxygen atoms in total. The molecule has 0 spiro atoms. The summed E-state index contributed by atoms with van der Waals surface area (Å²) >= 11 is 0. The van der Waals surface area contributed by atoms with E-state index >= 15 is 0 Å². The van der Waals surface area contributed by atoms with Crippen LogP contribution in [0.15, 0.2) is 72.9 Å². The molecule has 0 saturated heterocycles. The molecule has 0 aliphatic rings. The highest BCUT2D eigenvalue weighted by molar-refractivity contribution is 7.47. The Hall–Kier alpha value is -2.06. The first-order chi connectivity index (χ1) is 27.1. The van der Waals surface area contributed by atoms with Gasteiger partial charge < -0.3 is 18.9 Å². The van der Waals surface area contributed by atoms with Gasteiger partial charge in [0, 0.05) is 13.0 Å². The van der Waals surface area contributed by atoms with Crippen LogP contribution in [0, 0.1) is 0 Å². The summed E-state index contributed by atoms with van der Waals surface area (Å²) in [6.45, 7) is 5.41. The highest BCUT2D eigenvalue weighted by atomic mass is 31.2. The van der Waals surface area contributed by atoms with Crippen LogP contribution in [0.4, 0.5) is 0 Å². The van der Waals surface area contributed by atoms with E-state index in [0.29, 0.717) is 24.1 Å². The quantitative estimate of drug-likeness (QED) is 0.0217. The number of hydrogen-bond donors (Lipinski definition) is 1. The Morgan fingerprint density at radius 1 is 0.571 bits per heavy atom. The first-order valence-electron chi connectivity index (χ1n) is 22.2. The highest BCUT2D eigenvalue weighted by Gasteiger charge is 2.26. The van der Waals surface area contributed by atoms with E-state index in [9.17, 15) is 14.3 Å². The minimum atomic E-state index is -4.29. The third kappa shape index (κ3) is 43.1. The van der Waals surface area contributed by atoms with Gasteiger partial charge in [-0.15, -0.1) is 0 Å². The number of allylic oxidation sites excluding steroid dienone is 12. The second kappa shape index (κ2) is 39.8. The van der Waals surface area contributed by atoms with Crippen LogP contribution in [0.3, 0.4) is 0 Å². The van der Waals surface area contributed by atoms with Crippen molar-refractivity contribution in [3.8, 4) is 0 Å². The number of ether oxygens (including phenoxy) is 2. The molecule has 0 aromatic carbocycles. The number of likely N-dealkylation sites (N-methyl/N-ethyl adjacent to an activating group) is 1. The van der Waals surface area contributed by atoms with Crippen molar-refractivity contribution in [3.05, 3.63) is 72.9 Å². The Bertz CT molecular complexity index is 1120. The molecule has 0 aromatic rings. The molecule has 0 fully saturated rings. The van der Waals surface area contributed by atoms with E-state index in [1.807, 2.05) is 21.1 Å². The topological polar surface area (TPSA) is 91.3 Å². The first kappa shape index (κ1) is 53.9. The Morgan fingerprint density at radius 2 is 1.04 bits per heavy atom. The molecule has 0 bridgehead atoms. The molecule has 1 N–H and O–H groups in total. The van der Waals surface area contributed by atoms with Gasteiger partial charge in [-0.2, -0.15) is 0 Å². The van der Waals surface area contributed by atoms with Crippen molar-refractivity contribution in [1.82, 2.24) is 0 Å². The van der Waals surface area contributed by atoms with E-state index in [4.69, 9.17) is 18.5 Å². The van der Waals surface area contributed by atoms with Crippen LogP contribution in [-0.2, 0) is 27.9 Å². The van der Waals surface area contributed by atoms with Crippen LogP contribution in [0.25, 0.3) is 0 Å². The molecule has 0 heterocycles. The van der Waals surface area contributed by atoms with Gasteiger partial charge in [0.05, 0.1) is 34.4 Å². The number of phosphoric ester groups is 1. The molecular weight excluding hydrogens is 721 g/mol. The monoisotopic (exact) mass is 807 g/mol. The molecule has 2 atom stereocenters. The van der Waals surface area contributed by atoms with Crippen molar-refractivity contribution >= 4 is 13.8 Å². The van der Waals surface area contributed by atoms with Crippen molar-refractivity contribution < 1.29 is 37.3 Å². The number of nitrogens with zero attached hydrogens (tertiary/aromatic N) is 1.